The molecule has 8 heteroatoms. The van der Waals surface area contributed by atoms with E-state index in [-0.39, 0.29) is 11.8 Å². The van der Waals surface area contributed by atoms with Crippen LogP contribution >= 0.6 is 0 Å². The van der Waals surface area contributed by atoms with Crippen molar-refractivity contribution in [3.63, 3.8) is 0 Å². The molecule has 0 fully saturated rings. The Morgan fingerprint density at radius 1 is 1.24 bits per heavy atom. The molecule has 0 aliphatic carbocycles. The number of hydrogen-bond acceptors (Lipinski definition) is 5. The lowest BCUT2D eigenvalue weighted by Gasteiger charge is -2.13. The maximum absolute atomic E-state index is 12.2. The lowest BCUT2D eigenvalue weighted by atomic mass is 10.1. The number of aromatic nitrogens is 2. The van der Waals surface area contributed by atoms with Crippen LogP contribution in [-0.2, 0) is 13.0 Å². The zero-order chi connectivity index (χ0) is 17.6. The Morgan fingerprint density at radius 2 is 2.04 bits per heavy atom. The Bertz CT molecular complexity index is 771. The van der Waals surface area contributed by atoms with E-state index >= 15 is 0 Å². The predicted molar refractivity (Wildman–Crippen MR) is 91.7 cm³/mol. The second-order valence-corrected chi connectivity index (χ2v) is 5.70. The Hall–Kier alpha value is -2.87. The van der Waals surface area contributed by atoms with Gasteiger partial charge in [0.1, 0.15) is 5.75 Å². The van der Waals surface area contributed by atoms with Crippen molar-refractivity contribution in [2.24, 2.45) is 0 Å². The number of hydrogen-bond donors (Lipinski definition) is 4. The number of aromatic amines is 1. The van der Waals surface area contributed by atoms with Crippen LogP contribution in [0.25, 0.3) is 0 Å². The Morgan fingerprint density at radius 3 is 2.84 bits per heavy atom. The monoisotopic (exact) mass is 343 g/mol. The third-order valence-electron chi connectivity index (χ3n) is 4.05. The maximum Gasteiger partial charge on any atom is 0.272 e. The number of carbonyl (C=O) groups is 2. The van der Waals surface area contributed by atoms with E-state index in [1.165, 1.54) is 0 Å². The second kappa shape index (κ2) is 7.80. The van der Waals surface area contributed by atoms with E-state index in [1.54, 1.807) is 31.4 Å². The number of benzene rings is 1. The summed E-state index contributed by atoms with van der Waals surface area (Å²) in [6, 6.07) is 6.90. The van der Waals surface area contributed by atoms with Crippen LogP contribution in [0.2, 0.25) is 0 Å². The first-order valence-electron chi connectivity index (χ1n) is 8.16. The van der Waals surface area contributed by atoms with Crippen LogP contribution in [0, 0.1) is 0 Å². The molecule has 1 aliphatic heterocycles. The molecule has 0 atom stereocenters. The molecular formula is C17H21N5O3. The highest BCUT2D eigenvalue weighted by Gasteiger charge is 2.21. The van der Waals surface area contributed by atoms with E-state index < -0.39 is 0 Å². The summed E-state index contributed by atoms with van der Waals surface area (Å²) >= 11 is 0. The molecule has 8 nitrogen and oxygen atoms in total. The van der Waals surface area contributed by atoms with Gasteiger partial charge in [-0.15, -0.1) is 0 Å². The van der Waals surface area contributed by atoms with Crippen molar-refractivity contribution in [1.82, 2.24) is 26.1 Å². The number of amides is 2. The van der Waals surface area contributed by atoms with Crippen molar-refractivity contribution in [3.8, 4) is 5.75 Å². The van der Waals surface area contributed by atoms with Crippen LogP contribution in [0.1, 0.15) is 32.1 Å². The summed E-state index contributed by atoms with van der Waals surface area (Å²) in [7, 11) is 1.55. The lowest BCUT2D eigenvalue weighted by Crippen LogP contribution is -2.35. The number of rotatable bonds is 6. The fraction of sp³-hybridized carbons (Fsp3) is 0.353. The standard InChI is InChI=1S/C17H21N5O3/c1-25-12-4-2-3-11(9-12)16(23)19-7-8-20-17(24)15-13-10-18-6-5-14(13)21-22-15/h2-4,9,18H,5-8,10H2,1H3,(H,19,23)(H,20,24)(H,21,22). The highest BCUT2D eigenvalue weighted by molar-refractivity contribution is 5.95. The third kappa shape index (κ3) is 3.97. The molecule has 0 radical (unpaired) electrons. The molecule has 2 amide bonds. The fourth-order valence-electron chi connectivity index (χ4n) is 2.72. The summed E-state index contributed by atoms with van der Waals surface area (Å²) < 4.78 is 5.10. The Balaban J connectivity index is 1.47. The Labute approximate surface area is 145 Å². The molecule has 0 saturated heterocycles. The van der Waals surface area contributed by atoms with Crippen molar-refractivity contribution in [1.29, 1.82) is 0 Å². The summed E-state index contributed by atoms with van der Waals surface area (Å²) in [6.07, 6.45) is 0.839. The number of H-pyrrole nitrogens is 1. The normalized spacial score (nSPS) is 13.0. The first-order valence-corrected chi connectivity index (χ1v) is 8.16. The van der Waals surface area contributed by atoms with Gasteiger partial charge in [-0.25, -0.2) is 0 Å². The number of methoxy groups -OCH3 is 1. The summed E-state index contributed by atoms with van der Waals surface area (Å²) in [5.74, 6) is 0.171. The van der Waals surface area contributed by atoms with Gasteiger partial charge in [0.15, 0.2) is 5.69 Å². The third-order valence-corrected chi connectivity index (χ3v) is 4.05. The average Bonchev–Trinajstić information content (AvgIpc) is 3.09. The van der Waals surface area contributed by atoms with Gasteiger partial charge in [0.05, 0.1) is 7.11 Å². The van der Waals surface area contributed by atoms with E-state index in [1.807, 2.05) is 0 Å². The summed E-state index contributed by atoms with van der Waals surface area (Å²) in [6.45, 7) is 2.17. The molecule has 132 valence electrons. The van der Waals surface area contributed by atoms with E-state index in [0.717, 1.165) is 24.2 Å². The minimum Gasteiger partial charge on any atom is -0.497 e. The summed E-state index contributed by atoms with van der Waals surface area (Å²) in [4.78, 5) is 24.3. The molecule has 25 heavy (non-hydrogen) atoms. The predicted octanol–water partition coefficient (Wildman–Crippen LogP) is 0.224. The van der Waals surface area contributed by atoms with Crippen molar-refractivity contribution in [3.05, 3.63) is 46.8 Å². The molecule has 2 heterocycles. The molecule has 3 rings (SSSR count). The van der Waals surface area contributed by atoms with Crippen LogP contribution in [0.15, 0.2) is 24.3 Å². The molecule has 2 aromatic rings. The van der Waals surface area contributed by atoms with Crippen LogP contribution in [0.5, 0.6) is 5.75 Å². The zero-order valence-electron chi connectivity index (χ0n) is 14.0. The van der Waals surface area contributed by atoms with Gasteiger partial charge < -0.3 is 20.7 Å². The number of carbonyl (C=O) groups excluding carboxylic acids is 2. The molecule has 0 spiro atoms. The van der Waals surface area contributed by atoms with Gasteiger partial charge >= 0.3 is 0 Å². The van der Waals surface area contributed by atoms with E-state index in [4.69, 9.17) is 4.74 Å². The van der Waals surface area contributed by atoms with Crippen molar-refractivity contribution >= 4 is 11.8 Å². The topological polar surface area (TPSA) is 108 Å². The van der Waals surface area contributed by atoms with E-state index in [9.17, 15) is 9.59 Å². The first kappa shape index (κ1) is 17.0. The smallest absolute Gasteiger partial charge is 0.272 e. The highest BCUT2D eigenvalue weighted by Crippen LogP contribution is 2.15. The van der Waals surface area contributed by atoms with Crippen LogP contribution in [-0.4, -0.2) is 48.8 Å². The molecule has 4 N–H and O–H groups in total. The quantitative estimate of drug-likeness (QED) is 0.561. The van der Waals surface area contributed by atoms with E-state index in [0.29, 0.717) is 36.6 Å². The van der Waals surface area contributed by atoms with Gasteiger partial charge in [0.2, 0.25) is 0 Å². The molecule has 1 aliphatic rings. The zero-order valence-corrected chi connectivity index (χ0v) is 14.0. The Kier molecular flexibility index (Phi) is 5.30. The SMILES string of the molecule is COc1cccc(C(=O)NCCNC(=O)c2n[nH]c3c2CNCC3)c1. The number of nitrogens with one attached hydrogen (secondary N) is 4. The largest absolute Gasteiger partial charge is 0.497 e. The molecule has 1 aromatic heterocycles. The number of ether oxygens (including phenoxy) is 1. The fourth-order valence-corrected chi connectivity index (χ4v) is 2.72. The maximum atomic E-state index is 12.2. The van der Waals surface area contributed by atoms with Crippen LogP contribution in [0.4, 0.5) is 0 Å². The molecule has 0 bridgehead atoms. The molecule has 1 aromatic carbocycles. The van der Waals surface area contributed by atoms with Gasteiger partial charge in [0, 0.05) is 49.4 Å². The number of nitrogens with zero attached hydrogens (tertiary/aromatic N) is 1. The van der Waals surface area contributed by atoms with Gasteiger partial charge in [-0.3, -0.25) is 14.7 Å². The van der Waals surface area contributed by atoms with E-state index in [2.05, 4.69) is 26.1 Å². The molecule has 0 saturated carbocycles. The van der Waals surface area contributed by atoms with Crippen molar-refractivity contribution in [2.75, 3.05) is 26.7 Å². The van der Waals surface area contributed by atoms with Crippen LogP contribution < -0.4 is 20.7 Å². The van der Waals surface area contributed by atoms with Gasteiger partial charge in [-0.05, 0) is 18.2 Å². The average molecular weight is 343 g/mol. The van der Waals surface area contributed by atoms with Crippen molar-refractivity contribution in [2.45, 2.75) is 13.0 Å². The van der Waals surface area contributed by atoms with Gasteiger partial charge in [-0.2, -0.15) is 5.10 Å². The molecular weight excluding hydrogens is 322 g/mol. The molecule has 0 unspecified atom stereocenters. The number of fused-ring (bicyclic) bond motifs is 1. The summed E-state index contributed by atoms with van der Waals surface area (Å²) in [5, 5.41) is 15.8. The minimum atomic E-state index is -0.239. The van der Waals surface area contributed by atoms with Gasteiger partial charge in [-0.1, -0.05) is 6.07 Å². The van der Waals surface area contributed by atoms with Crippen molar-refractivity contribution < 1.29 is 14.3 Å². The summed E-state index contributed by atoms with van der Waals surface area (Å²) in [5.41, 5.74) is 2.86. The highest BCUT2D eigenvalue weighted by atomic mass is 16.5. The first-order chi connectivity index (χ1) is 12.2. The van der Waals surface area contributed by atoms with Crippen LogP contribution in [0.3, 0.4) is 0 Å². The minimum absolute atomic E-state index is 0.213. The second-order valence-electron chi connectivity index (χ2n) is 5.70. The van der Waals surface area contributed by atoms with Gasteiger partial charge in [0.25, 0.3) is 11.8 Å². The lowest BCUT2D eigenvalue weighted by molar-refractivity contribution is 0.0924.